The molecule has 1 N–H and O–H groups in total. The molecule has 100 valence electrons. The van der Waals surface area contributed by atoms with Crippen LogP contribution in [-0.2, 0) is 6.54 Å². The molecule has 4 nitrogen and oxygen atoms in total. The molecule has 1 aromatic heterocycles. The maximum atomic E-state index is 5.73. The van der Waals surface area contributed by atoms with Gasteiger partial charge in [0.1, 0.15) is 12.1 Å². The lowest BCUT2D eigenvalue weighted by Gasteiger charge is -2.08. The van der Waals surface area contributed by atoms with Crippen molar-refractivity contribution in [3.8, 4) is 11.6 Å². The van der Waals surface area contributed by atoms with E-state index in [1.54, 1.807) is 6.33 Å². The molecule has 0 fully saturated rings. The zero-order chi connectivity index (χ0) is 13.7. The van der Waals surface area contributed by atoms with Gasteiger partial charge in [-0.3, -0.25) is 0 Å². The minimum Gasteiger partial charge on any atom is -0.439 e. The maximum Gasteiger partial charge on any atom is 0.222 e. The van der Waals surface area contributed by atoms with E-state index in [-0.39, 0.29) is 0 Å². The number of ether oxygens (including phenoxy) is 1. The van der Waals surface area contributed by atoms with Crippen LogP contribution in [0.2, 0.25) is 0 Å². The first-order chi connectivity index (χ1) is 9.19. The minimum atomic E-state index is 0.364. The van der Waals surface area contributed by atoms with Crippen LogP contribution in [-0.4, -0.2) is 17.0 Å². The fourth-order valence-corrected chi connectivity index (χ4v) is 1.73. The number of hydrogen-bond donors (Lipinski definition) is 1. The maximum absolute atomic E-state index is 5.73. The molecule has 1 heterocycles. The molecule has 0 aliphatic rings. The third-order valence-corrected chi connectivity index (χ3v) is 2.78. The van der Waals surface area contributed by atoms with Crippen molar-refractivity contribution in [2.24, 2.45) is 0 Å². The Morgan fingerprint density at radius 2 is 1.89 bits per heavy atom. The SMILES string of the molecule is CNCc1ccc(Oc2cc(C(C)C)ncn2)cc1. The summed E-state index contributed by atoms with van der Waals surface area (Å²) >= 11 is 0. The molecule has 0 aliphatic carbocycles. The second-order valence-electron chi connectivity index (χ2n) is 4.71. The number of hydrogen-bond acceptors (Lipinski definition) is 4. The molecular formula is C15H19N3O. The van der Waals surface area contributed by atoms with Crippen molar-refractivity contribution in [2.75, 3.05) is 7.05 Å². The molecule has 0 bridgehead atoms. The Kier molecular flexibility index (Phi) is 4.47. The summed E-state index contributed by atoms with van der Waals surface area (Å²) in [5, 5.41) is 3.11. The van der Waals surface area contributed by atoms with Crippen molar-refractivity contribution in [2.45, 2.75) is 26.3 Å². The van der Waals surface area contributed by atoms with Gasteiger partial charge in [-0.2, -0.15) is 0 Å². The monoisotopic (exact) mass is 257 g/mol. The predicted octanol–water partition coefficient (Wildman–Crippen LogP) is 3.11. The fraction of sp³-hybridized carbons (Fsp3) is 0.333. The first kappa shape index (κ1) is 13.5. The molecule has 0 amide bonds. The average molecular weight is 257 g/mol. The fourth-order valence-electron chi connectivity index (χ4n) is 1.73. The highest BCUT2D eigenvalue weighted by Gasteiger charge is 2.04. The quantitative estimate of drug-likeness (QED) is 0.894. The first-order valence-electron chi connectivity index (χ1n) is 6.42. The molecule has 0 radical (unpaired) electrons. The lowest BCUT2D eigenvalue weighted by molar-refractivity contribution is 0.459. The number of nitrogens with one attached hydrogen (secondary N) is 1. The molecule has 0 saturated heterocycles. The third-order valence-electron chi connectivity index (χ3n) is 2.78. The summed E-state index contributed by atoms with van der Waals surface area (Å²) in [5.74, 6) is 1.73. The number of rotatable bonds is 5. The second kappa shape index (κ2) is 6.29. The van der Waals surface area contributed by atoms with E-state index in [1.807, 2.05) is 37.4 Å². The predicted molar refractivity (Wildman–Crippen MR) is 75.4 cm³/mol. The highest BCUT2D eigenvalue weighted by Crippen LogP contribution is 2.22. The minimum absolute atomic E-state index is 0.364. The normalized spacial score (nSPS) is 10.7. The summed E-state index contributed by atoms with van der Waals surface area (Å²) in [6.45, 7) is 5.04. The standard InChI is InChI=1S/C15H19N3O/c1-11(2)14-8-15(18-10-17-14)19-13-6-4-12(5-7-13)9-16-3/h4-8,10-11,16H,9H2,1-3H3. The van der Waals surface area contributed by atoms with Gasteiger partial charge in [0.05, 0.1) is 5.69 Å². The Bertz CT molecular complexity index is 523. The van der Waals surface area contributed by atoms with Crippen LogP contribution < -0.4 is 10.1 Å². The Labute approximate surface area is 113 Å². The molecule has 2 rings (SSSR count). The van der Waals surface area contributed by atoms with E-state index in [4.69, 9.17) is 4.74 Å². The topological polar surface area (TPSA) is 47.0 Å². The third kappa shape index (κ3) is 3.76. The van der Waals surface area contributed by atoms with Gasteiger partial charge < -0.3 is 10.1 Å². The van der Waals surface area contributed by atoms with E-state index in [2.05, 4.69) is 29.1 Å². The Morgan fingerprint density at radius 1 is 1.16 bits per heavy atom. The van der Waals surface area contributed by atoms with E-state index in [0.717, 1.165) is 18.0 Å². The molecule has 1 aromatic carbocycles. The van der Waals surface area contributed by atoms with Gasteiger partial charge in [-0.15, -0.1) is 0 Å². The summed E-state index contributed by atoms with van der Waals surface area (Å²) < 4.78 is 5.73. The van der Waals surface area contributed by atoms with E-state index < -0.39 is 0 Å². The number of nitrogens with zero attached hydrogens (tertiary/aromatic N) is 2. The summed E-state index contributed by atoms with van der Waals surface area (Å²) in [6, 6.07) is 9.85. The van der Waals surface area contributed by atoms with E-state index in [9.17, 15) is 0 Å². The van der Waals surface area contributed by atoms with Crippen LogP contribution in [0.15, 0.2) is 36.7 Å². The molecule has 0 atom stereocenters. The van der Waals surface area contributed by atoms with Crippen LogP contribution in [0, 0.1) is 0 Å². The van der Waals surface area contributed by atoms with Gasteiger partial charge in [0.25, 0.3) is 0 Å². The van der Waals surface area contributed by atoms with Crippen molar-refractivity contribution < 1.29 is 4.74 Å². The van der Waals surface area contributed by atoms with Crippen molar-refractivity contribution in [3.63, 3.8) is 0 Å². The van der Waals surface area contributed by atoms with Gasteiger partial charge in [0.15, 0.2) is 0 Å². The highest BCUT2D eigenvalue weighted by atomic mass is 16.5. The van der Waals surface area contributed by atoms with Crippen molar-refractivity contribution in [1.82, 2.24) is 15.3 Å². The lowest BCUT2D eigenvalue weighted by Crippen LogP contribution is -2.04. The Morgan fingerprint density at radius 3 is 2.53 bits per heavy atom. The molecular weight excluding hydrogens is 238 g/mol. The zero-order valence-corrected chi connectivity index (χ0v) is 11.6. The van der Waals surface area contributed by atoms with Gasteiger partial charge in [0, 0.05) is 12.6 Å². The van der Waals surface area contributed by atoms with Crippen LogP contribution in [0.4, 0.5) is 0 Å². The first-order valence-corrected chi connectivity index (χ1v) is 6.42. The van der Waals surface area contributed by atoms with Crippen LogP contribution in [0.5, 0.6) is 11.6 Å². The Hall–Kier alpha value is -1.94. The summed E-state index contributed by atoms with van der Waals surface area (Å²) in [4.78, 5) is 8.35. The molecule has 0 aliphatic heterocycles. The molecule has 19 heavy (non-hydrogen) atoms. The van der Waals surface area contributed by atoms with Crippen LogP contribution >= 0.6 is 0 Å². The number of aromatic nitrogens is 2. The average Bonchev–Trinajstić information content (AvgIpc) is 2.42. The largest absolute Gasteiger partial charge is 0.439 e. The molecule has 0 unspecified atom stereocenters. The Balaban J connectivity index is 2.10. The van der Waals surface area contributed by atoms with E-state index >= 15 is 0 Å². The van der Waals surface area contributed by atoms with Crippen LogP contribution in [0.3, 0.4) is 0 Å². The second-order valence-corrected chi connectivity index (χ2v) is 4.71. The number of benzene rings is 1. The summed E-state index contributed by atoms with van der Waals surface area (Å²) in [7, 11) is 1.93. The van der Waals surface area contributed by atoms with Crippen molar-refractivity contribution in [1.29, 1.82) is 0 Å². The summed E-state index contributed by atoms with van der Waals surface area (Å²) in [5.41, 5.74) is 2.21. The molecule has 4 heteroatoms. The van der Waals surface area contributed by atoms with Crippen molar-refractivity contribution in [3.05, 3.63) is 47.9 Å². The van der Waals surface area contributed by atoms with Gasteiger partial charge in [-0.25, -0.2) is 9.97 Å². The lowest BCUT2D eigenvalue weighted by atomic mass is 10.1. The van der Waals surface area contributed by atoms with Crippen LogP contribution in [0.25, 0.3) is 0 Å². The highest BCUT2D eigenvalue weighted by molar-refractivity contribution is 5.30. The molecule has 2 aromatic rings. The van der Waals surface area contributed by atoms with E-state index in [0.29, 0.717) is 11.8 Å². The van der Waals surface area contributed by atoms with Gasteiger partial charge in [0.2, 0.25) is 5.88 Å². The molecule has 0 spiro atoms. The van der Waals surface area contributed by atoms with Gasteiger partial charge in [-0.05, 0) is 30.7 Å². The molecule has 0 saturated carbocycles. The van der Waals surface area contributed by atoms with Crippen molar-refractivity contribution >= 4 is 0 Å². The zero-order valence-electron chi connectivity index (χ0n) is 11.6. The van der Waals surface area contributed by atoms with Crippen LogP contribution in [0.1, 0.15) is 31.0 Å². The van der Waals surface area contributed by atoms with Gasteiger partial charge in [-0.1, -0.05) is 26.0 Å². The van der Waals surface area contributed by atoms with E-state index in [1.165, 1.54) is 5.56 Å². The summed E-state index contributed by atoms with van der Waals surface area (Å²) in [6.07, 6.45) is 1.54. The smallest absolute Gasteiger partial charge is 0.222 e. The van der Waals surface area contributed by atoms with Gasteiger partial charge >= 0.3 is 0 Å².